The van der Waals surface area contributed by atoms with E-state index in [1.807, 2.05) is 41.5 Å². The Morgan fingerprint density at radius 3 is 0.638 bits per heavy atom. The third kappa shape index (κ3) is 41.0. The molecule has 0 fully saturated rings. The van der Waals surface area contributed by atoms with Crippen LogP contribution in [0.2, 0.25) is 0 Å². The average molecular weight is 909 g/mol. The molecule has 0 heterocycles. The monoisotopic (exact) mass is 908 g/mol. The zero-order valence-corrected chi connectivity index (χ0v) is 40.0. The van der Waals surface area contributed by atoms with E-state index in [9.17, 15) is 44.1 Å². The number of Topliss-reactive ketones (excluding diaryl/α,β-unsaturated/α-hetero) is 3. The van der Waals surface area contributed by atoms with Crippen molar-refractivity contribution < 1.29 is 105 Å². The van der Waals surface area contributed by atoms with Gasteiger partial charge in [-0.15, -0.1) is 0 Å². The zero-order valence-electron chi connectivity index (χ0n) is 37.2. The third-order valence-corrected chi connectivity index (χ3v) is 8.01. The van der Waals surface area contributed by atoms with Crippen LogP contribution < -0.4 is 15.3 Å². The maximum atomic E-state index is 11.6. The molecule has 16 heteroatoms. The molecule has 0 N–H and O–H groups in total. The predicted molar refractivity (Wildman–Crippen MR) is 208 cm³/mol. The number of aliphatic carboxylic acids is 3. The van der Waals surface area contributed by atoms with Crippen LogP contribution in [0.25, 0.3) is 0 Å². The van der Waals surface area contributed by atoms with Crippen molar-refractivity contribution in [2.24, 2.45) is 0 Å². The van der Waals surface area contributed by atoms with E-state index in [1.165, 1.54) is 0 Å². The number of carboxylic acid groups (broad SMARTS) is 3. The number of ether oxygens (including phenoxy) is 6. The topological polar surface area (TPSA) is 227 Å². The summed E-state index contributed by atoms with van der Waals surface area (Å²) < 4.78 is 33.7. The summed E-state index contributed by atoms with van der Waals surface area (Å²) in [5.41, 5.74) is 0. The minimum Gasteiger partial charge on any atom is -0.550 e. The van der Waals surface area contributed by atoms with Crippen molar-refractivity contribution in [3.63, 3.8) is 0 Å². The summed E-state index contributed by atoms with van der Waals surface area (Å²) in [6, 6.07) is 0. The van der Waals surface area contributed by atoms with Crippen molar-refractivity contribution in [1.82, 2.24) is 0 Å². The summed E-state index contributed by atoms with van der Waals surface area (Å²) in [7, 11) is 0. The van der Waals surface area contributed by atoms with Crippen LogP contribution in [-0.4, -0.2) is 92.3 Å². The first-order valence-corrected chi connectivity index (χ1v) is 20.8. The molecule has 0 saturated carbocycles. The van der Waals surface area contributed by atoms with Gasteiger partial charge in [-0.1, -0.05) is 80.1 Å². The van der Waals surface area contributed by atoms with Crippen LogP contribution in [0.4, 0.5) is 0 Å². The molecule has 0 aromatic carbocycles. The summed E-state index contributed by atoms with van der Waals surface area (Å²) in [6.07, 6.45) is 9.20. The second-order valence-electron chi connectivity index (χ2n) is 14.4. The van der Waals surface area contributed by atoms with Gasteiger partial charge in [-0.05, 0) is 59.3 Å². The summed E-state index contributed by atoms with van der Waals surface area (Å²) >= 11 is 0. The molecule has 336 valence electrons. The molecule has 0 aliphatic rings. The molecule has 0 unspecified atom stereocenters. The van der Waals surface area contributed by atoms with Crippen molar-refractivity contribution in [1.29, 1.82) is 0 Å². The van der Waals surface area contributed by atoms with E-state index < -0.39 is 71.9 Å². The van der Waals surface area contributed by atoms with Crippen molar-refractivity contribution in [2.75, 3.05) is 39.6 Å². The van der Waals surface area contributed by atoms with Crippen LogP contribution >= 0.6 is 0 Å². The molecule has 0 spiro atoms. The molecule has 0 rings (SSSR count). The fourth-order valence-corrected chi connectivity index (χ4v) is 4.77. The molecule has 0 aliphatic carbocycles. The van der Waals surface area contributed by atoms with Gasteiger partial charge in [0.2, 0.25) is 0 Å². The van der Waals surface area contributed by atoms with Crippen LogP contribution in [0.1, 0.15) is 178 Å². The number of unbranched alkanes of at least 4 members (excludes halogenated alkanes) is 6. The van der Waals surface area contributed by atoms with Crippen LogP contribution in [0, 0.1) is 0 Å². The van der Waals surface area contributed by atoms with E-state index in [-0.39, 0.29) is 52.0 Å². The van der Waals surface area contributed by atoms with E-state index >= 15 is 0 Å². The van der Waals surface area contributed by atoms with E-state index in [0.29, 0.717) is 39.6 Å². The number of carbonyl (C=O) groups is 6. The molecule has 0 bridgehead atoms. The Morgan fingerprint density at radius 1 is 0.362 bits per heavy atom. The summed E-state index contributed by atoms with van der Waals surface area (Å²) in [4.78, 5) is 65.9. The Kier molecular flexibility index (Phi) is 42.8. The Labute approximate surface area is 373 Å². The van der Waals surface area contributed by atoms with E-state index in [2.05, 4.69) is 0 Å². The molecule has 0 saturated heterocycles. The largest absolute Gasteiger partial charge is 3.00 e. The van der Waals surface area contributed by atoms with Crippen LogP contribution in [0.5, 0.6) is 0 Å². The quantitative estimate of drug-likeness (QED) is 0.0485. The molecule has 58 heavy (non-hydrogen) atoms. The van der Waals surface area contributed by atoms with Gasteiger partial charge in [0.1, 0.15) is 17.3 Å². The fraction of sp³-hybridized carbons (Fsp3) is 0.857. The van der Waals surface area contributed by atoms with Gasteiger partial charge in [0.25, 0.3) is 0 Å². The van der Waals surface area contributed by atoms with Gasteiger partial charge in [0, 0.05) is 37.2 Å². The number of hydrogen-bond donors (Lipinski definition) is 0. The number of carboxylic acids is 3. The maximum Gasteiger partial charge on any atom is 3.00 e. The minimum absolute atomic E-state index is 0. The van der Waals surface area contributed by atoms with E-state index in [0.717, 1.165) is 77.0 Å². The number of hydrogen-bond acceptors (Lipinski definition) is 15. The van der Waals surface area contributed by atoms with Gasteiger partial charge in [0.15, 0.2) is 17.4 Å². The number of carbonyl (C=O) groups excluding carboxylic acids is 6. The molecular weight excluding hydrogens is 833 g/mol. The van der Waals surface area contributed by atoms with Crippen LogP contribution in [0.3, 0.4) is 0 Å². The van der Waals surface area contributed by atoms with Crippen LogP contribution in [-0.2, 0) is 89.9 Å². The minimum atomic E-state index is -1.37. The first-order valence-electron chi connectivity index (χ1n) is 20.8. The number of ketones is 3. The van der Waals surface area contributed by atoms with E-state index in [1.54, 1.807) is 20.8 Å². The van der Waals surface area contributed by atoms with Gasteiger partial charge in [0.05, 0.1) is 58.9 Å². The average Bonchev–Trinajstić information content (AvgIpc) is 3.08. The molecule has 0 atom stereocenters. The number of rotatable bonds is 36. The van der Waals surface area contributed by atoms with Gasteiger partial charge in [-0.2, -0.15) is 0 Å². The van der Waals surface area contributed by atoms with Crippen molar-refractivity contribution >= 4 is 35.3 Å². The molecule has 0 aliphatic heterocycles. The fourth-order valence-electron chi connectivity index (χ4n) is 4.77. The first kappa shape index (κ1) is 62.9. The maximum absolute atomic E-state index is 11.6. The standard InChI is InChI=1S/3C14H26O5.Y/c3*1-4-6-8-18-14(3,19-9-7-5-2)11-12(15)10-13(16)17;/h3*4-11H2,1-3H3,(H,16,17);/q;;;+3/p-3. The summed E-state index contributed by atoms with van der Waals surface area (Å²) in [5.74, 6) is -8.50. The van der Waals surface area contributed by atoms with Gasteiger partial charge in [-0.25, -0.2) is 0 Å². The second kappa shape index (κ2) is 39.4. The molecule has 0 aromatic heterocycles. The SMILES string of the molecule is CCCCOC(C)(CC(=O)CC(=O)[O-])OCCCC.CCCCOC(C)(CC(=O)CC(=O)[O-])OCCCC.CCCCOC(C)(CC(=O)CC(=O)[O-])OCCCC.[Y+3]. The zero-order chi connectivity index (χ0) is 44.2. The van der Waals surface area contributed by atoms with Crippen molar-refractivity contribution in [3.8, 4) is 0 Å². The second-order valence-corrected chi connectivity index (χ2v) is 14.4. The Bertz CT molecular complexity index is 935. The Balaban J connectivity index is -0.000000374. The molecular formula is C42H75O15Y. The first-order chi connectivity index (χ1) is 26.8. The smallest absolute Gasteiger partial charge is 0.550 e. The summed E-state index contributed by atoms with van der Waals surface area (Å²) in [6.45, 7) is 20.3. The van der Waals surface area contributed by atoms with Gasteiger partial charge in [-0.3, -0.25) is 14.4 Å². The summed E-state index contributed by atoms with van der Waals surface area (Å²) in [5, 5.41) is 31.2. The Morgan fingerprint density at radius 2 is 0.517 bits per heavy atom. The third-order valence-electron chi connectivity index (χ3n) is 8.01. The van der Waals surface area contributed by atoms with Crippen molar-refractivity contribution in [3.05, 3.63) is 0 Å². The molecule has 15 nitrogen and oxygen atoms in total. The Hall–Kier alpha value is -1.72. The van der Waals surface area contributed by atoms with Gasteiger partial charge >= 0.3 is 32.7 Å². The van der Waals surface area contributed by atoms with Gasteiger partial charge < -0.3 is 58.1 Å². The van der Waals surface area contributed by atoms with Crippen LogP contribution in [0.15, 0.2) is 0 Å². The molecule has 0 aromatic rings. The normalized spacial score (nSPS) is 11.3. The van der Waals surface area contributed by atoms with Crippen molar-refractivity contribution in [2.45, 2.75) is 195 Å². The van der Waals surface area contributed by atoms with E-state index in [4.69, 9.17) is 28.4 Å². The molecule has 0 amide bonds. The predicted octanol–water partition coefficient (Wildman–Crippen LogP) is 4.30. The molecule has 0 radical (unpaired) electrons.